The van der Waals surface area contributed by atoms with Gasteiger partial charge in [0, 0.05) is 5.69 Å². The minimum Gasteiger partial charge on any atom is -0.486 e. The van der Waals surface area contributed by atoms with E-state index in [2.05, 4.69) is 5.32 Å². The Kier molecular flexibility index (Phi) is 5.11. The summed E-state index contributed by atoms with van der Waals surface area (Å²) in [7, 11) is 1.34. The molecule has 2 aromatic rings. The molecule has 0 unspecified atom stereocenters. The van der Waals surface area contributed by atoms with Crippen molar-refractivity contribution >= 4 is 17.6 Å². The van der Waals surface area contributed by atoms with E-state index in [1.54, 1.807) is 6.07 Å². The van der Waals surface area contributed by atoms with Crippen molar-refractivity contribution in [2.75, 3.05) is 25.6 Å². The summed E-state index contributed by atoms with van der Waals surface area (Å²) in [5.74, 6) is 0.743. The first kappa shape index (κ1) is 17.8. The average Bonchev–Trinajstić information content (AvgIpc) is 2.63. The van der Waals surface area contributed by atoms with Gasteiger partial charge < -0.3 is 19.5 Å². The summed E-state index contributed by atoms with van der Waals surface area (Å²) in [5, 5.41) is 2.84. The number of fused-ring (bicyclic) bond motifs is 1. The number of benzene rings is 2. The SMILES string of the molecule is COC(=O)c1cc(NC(=O)Cc2ccc3c(c2)OCCO3)cc(C)c1C. The summed E-state index contributed by atoms with van der Waals surface area (Å²) in [4.78, 5) is 24.3. The molecule has 6 heteroatoms. The number of carbonyl (C=O) groups is 2. The lowest BCUT2D eigenvalue weighted by Crippen LogP contribution is -2.17. The molecular weight excluding hydrogens is 334 g/mol. The molecule has 26 heavy (non-hydrogen) atoms. The molecule has 0 atom stereocenters. The number of nitrogens with one attached hydrogen (secondary N) is 1. The van der Waals surface area contributed by atoms with Crippen LogP contribution in [-0.4, -0.2) is 32.2 Å². The number of aryl methyl sites for hydroxylation is 1. The first-order chi connectivity index (χ1) is 12.5. The van der Waals surface area contributed by atoms with Gasteiger partial charge in [0.05, 0.1) is 19.1 Å². The molecule has 0 radical (unpaired) electrons. The maximum Gasteiger partial charge on any atom is 0.338 e. The van der Waals surface area contributed by atoms with Crippen LogP contribution in [0.4, 0.5) is 5.69 Å². The lowest BCUT2D eigenvalue weighted by molar-refractivity contribution is -0.115. The fourth-order valence-electron chi connectivity index (χ4n) is 2.84. The maximum atomic E-state index is 12.4. The zero-order valence-electron chi connectivity index (χ0n) is 15.0. The molecule has 2 aromatic carbocycles. The second-order valence-electron chi connectivity index (χ2n) is 6.16. The molecule has 0 fully saturated rings. The fraction of sp³-hybridized carbons (Fsp3) is 0.300. The van der Waals surface area contributed by atoms with Crippen LogP contribution in [0.15, 0.2) is 30.3 Å². The van der Waals surface area contributed by atoms with E-state index < -0.39 is 5.97 Å². The summed E-state index contributed by atoms with van der Waals surface area (Å²) in [6.07, 6.45) is 0.192. The molecule has 3 rings (SSSR count). The molecule has 0 aromatic heterocycles. The molecule has 0 aliphatic carbocycles. The van der Waals surface area contributed by atoms with E-state index in [-0.39, 0.29) is 12.3 Å². The van der Waals surface area contributed by atoms with Crippen LogP contribution in [-0.2, 0) is 16.0 Å². The van der Waals surface area contributed by atoms with Crippen molar-refractivity contribution in [2.45, 2.75) is 20.3 Å². The summed E-state index contributed by atoms with van der Waals surface area (Å²) in [5.41, 5.74) is 3.58. The number of esters is 1. The molecule has 0 saturated heterocycles. The standard InChI is InChI=1S/C20H21NO5/c1-12-8-15(11-16(13(12)2)20(23)24-3)21-19(22)10-14-4-5-17-18(9-14)26-7-6-25-17/h4-5,8-9,11H,6-7,10H2,1-3H3,(H,21,22). The lowest BCUT2D eigenvalue weighted by Gasteiger charge is -2.18. The molecule has 0 spiro atoms. The number of rotatable bonds is 4. The number of hydrogen-bond acceptors (Lipinski definition) is 5. The van der Waals surface area contributed by atoms with Crippen LogP contribution in [0.1, 0.15) is 27.0 Å². The highest BCUT2D eigenvalue weighted by Crippen LogP contribution is 2.31. The molecule has 136 valence electrons. The Hall–Kier alpha value is -3.02. The largest absolute Gasteiger partial charge is 0.486 e. The number of amides is 1. The van der Waals surface area contributed by atoms with E-state index in [1.165, 1.54) is 7.11 Å². The Bertz CT molecular complexity index is 860. The Labute approximate surface area is 152 Å². The van der Waals surface area contributed by atoms with E-state index >= 15 is 0 Å². The highest BCUT2D eigenvalue weighted by Gasteiger charge is 2.15. The zero-order valence-corrected chi connectivity index (χ0v) is 15.0. The molecule has 6 nitrogen and oxygen atoms in total. The van der Waals surface area contributed by atoms with Crippen molar-refractivity contribution in [1.82, 2.24) is 0 Å². The number of anilines is 1. The van der Waals surface area contributed by atoms with E-state index in [1.807, 2.05) is 38.1 Å². The minimum atomic E-state index is -0.423. The Balaban J connectivity index is 1.74. The van der Waals surface area contributed by atoms with Crippen molar-refractivity contribution in [3.8, 4) is 11.5 Å². The molecule has 1 aliphatic rings. The van der Waals surface area contributed by atoms with Crippen LogP contribution in [0.2, 0.25) is 0 Å². The van der Waals surface area contributed by atoms with Gasteiger partial charge in [0.2, 0.25) is 5.91 Å². The third-order valence-corrected chi connectivity index (χ3v) is 4.33. The maximum absolute atomic E-state index is 12.4. The first-order valence-corrected chi connectivity index (χ1v) is 8.36. The van der Waals surface area contributed by atoms with Crippen LogP contribution in [0.25, 0.3) is 0 Å². The monoisotopic (exact) mass is 355 g/mol. The zero-order chi connectivity index (χ0) is 18.7. The lowest BCUT2D eigenvalue weighted by atomic mass is 10.0. The van der Waals surface area contributed by atoms with Crippen LogP contribution in [0, 0.1) is 13.8 Å². The summed E-state index contributed by atoms with van der Waals surface area (Å²) in [6.45, 7) is 4.77. The molecule has 0 bridgehead atoms. The molecular formula is C20H21NO5. The van der Waals surface area contributed by atoms with Crippen molar-refractivity contribution in [3.05, 3.63) is 52.6 Å². The molecule has 1 amide bonds. The third-order valence-electron chi connectivity index (χ3n) is 4.33. The van der Waals surface area contributed by atoms with Crippen molar-refractivity contribution in [3.63, 3.8) is 0 Å². The highest BCUT2D eigenvalue weighted by atomic mass is 16.6. The van der Waals surface area contributed by atoms with Gasteiger partial charge in [-0.25, -0.2) is 4.79 Å². The quantitative estimate of drug-likeness (QED) is 0.854. The van der Waals surface area contributed by atoms with Gasteiger partial charge in [-0.1, -0.05) is 6.07 Å². The second-order valence-corrected chi connectivity index (χ2v) is 6.16. The first-order valence-electron chi connectivity index (χ1n) is 8.36. The van der Waals surface area contributed by atoms with E-state index in [0.717, 1.165) is 16.7 Å². The third kappa shape index (κ3) is 3.79. The summed E-state index contributed by atoms with van der Waals surface area (Å²) in [6, 6.07) is 8.93. The van der Waals surface area contributed by atoms with Gasteiger partial charge in [-0.15, -0.1) is 0 Å². The Morgan fingerprint density at radius 2 is 1.81 bits per heavy atom. The fourth-order valence-corrected chi connectivity index (χ4v) is 2.84. The molecule has 0 saturated carbocycles. The minimum absolute atomic E-state index is 0.180. The Morgan fingerprint density at radius 3 is 2.54 bits per heavy atom. The number of hydrogen-bond donors (Lipinski definition) is 1. The normalized spacial score (nSPS) is 12.4. The highest BCUT2D eigenvalue weighted by molar-refractivity contribution is 5.96. The van der Waals surface area contributed by atoms with Gasteiger partial charge in [0.15, 0.2) is 11.5 Å². The van der Waals surface area contributed by atoms with Crippen LogP contribution < -0.4 is 14.8 Å². The van der Waals surface area contributed by atoms with Crippen LogP contribution in [0.5, 0.6) is 11.5 Å². The number of ether oxygens (including phenoxy) is 3. The predicted molar refractivity (Wildman–Crippen MR) is 97.0 cm³/mol. The average molecular weight is 355 g/mol. The number of carbonyl (C=O) groups excluding carboxylic acids is 2. The number of methoxy groups -OCH3 is 1. The van der Waals surface area contributed by atoms with Gasteiger partial charge in [-0.05, 0) is 54.8 Å². The van der Waals surface area contributed by atoms with Crippen molar-refractivity contribution < 1.29 is 23.8 Å². The topological polar surface area (TPSA) is 73.9 Å². The van der Waals surface area contributed by atoms with Gasteiger partial charge in [-0.2, -0.15) is 0 Å². The van der Waals surface area contributed by atoms with Crippen LogP contribution >= 0.6 is 0 Å². The van der Waals surface area contributed by atoms with Crippen molar-refractivity contribution in [2.24, 2.45) is 0 Å². The van der Waals surface area contributed by atoms with E-state index in [0.29, 0.717) is 36.0 Å². The van der Waals surface area contributed by atoms with Gasteiger partial charge in [0.25, 0.3) is 0 Å². The van der Waals surface area contributed by atoms with Gasteiger partial charge in [-0.3, -0.25) is 4.79 Å². The van der Waals surface area contributed by atoms with Gasteiger partial charge >= 0.3 is 5.97 Å². The molecule has 1 heterocycles. The van der Waals surface area contributed by atoms with E-state index in [4.69, 9.17) is 14.2 Å². The van der Waals surface area contributed by atoms with Crippen LogP contribution in [0.3, 0.4) is 0 Å². The Morgan fingerprint density at radius 1 is 1.08 bits per heavy atom. The predicted octanol–water partition coefficient (Wildman–Crippen LogP) is 3.04. The smallest absolute Gasteiger partial charge is 0.338 e. The second kappa shape index (κ2) is 7.47. The van der Waals surface area contributed by atoms with Gasteiger partial charge in [0.1, 0.15) is 13.2 Å². The summed E-state index contributed by atoms with van der Waals surface area (Å²) >= 11 is 0. The molecule has 1 aliphatic heterocycles. The van der Waals surface area contributed by atoms with Crippen molar-refractivity contribution in [1.29, 1.82) is 0 Å². The summed E-state index contributed by atoms with van der Waals surface area (Å²) < 4.78 is 15.8. The molecule has 1 N–H and O–H groups in total. The van der Waals surface area contributed by atoms with E-state index in [9.17, 15) is 9.59 Å².